The van der Waals surface area contributed by atoms with E-state index >= 15 is 0 Å². The Morgan fingerprint density at radius 1 is 1.24 bits per heavy atom. The summed E-state index contributed by atoms with van der Waals surface area (Å²) in [6.07, 6.45) is 1.08. The zero-order valence-electron chi connectivity index (χ0n) is 21.7. The molecule has 0 radical (unpaired) electrons. The summed E-state index contributed by atoms with van der Waals surface area (Å²) >= 11 is 0. The van der Waals surface area contributed by atoms with Gasteiger partial charge in [0, 0.05) is 25.5 Å². The molecule has 0 unspecified atom stereocenters. The fourth-order valence-corrected chi connectivity index (χ4v) is 4.61. The van der Waals surface area contributed by atoms with Gasteiger partial charge in [-0.05, 0) is 50.7 Å². The van der Waals surface area contributed by atoms with Gasteiger partial charge in [-0.1, -0.05) is 6.07 Å². The van der Waals surface area contributed by atoms with E-state index in [-0.39, 0.29) is 38.2 Å². The summed E-state index contributed by atoms with van der Waals surface area (Å²) in [7, 11) is 3.41. The first-order chi connectivity index (χ1) is 18.2. The first kappa shape index (κ1) is 25.9. The van der Waals surface area contributed by atoms with Crippen molar-refractivity contribution >= 4 is 23.1 Å². The molecule has 202 valence electrons. The van der Waals surface area contributed by atoms with Gasteiger partial charge < -0.3 is 14.6 Å². The molecule has 1 atom stereocenters. The summed E-state index contributed by atoms with van der Waals surface area (Å²) in [6.45, 7) is 4.10. The van der Waals surface area contributed by atoms with Gasteiger partial charge in [-0.2, -0.15) is 10.2 Å². The quantitative estimate of drug-likeness (QED) is 0.409. The van der Waals surface area contributed by atoms with E-state index in [2.05, 4.69) is 20.4 Å². The number of fused-ring (bicyclic) bond motifs is 4. The number of halogens is 2. The number of alkyl halides is 2. The molecule has 12 heteroatoms. The van der Waals surface area contributed by atoms with Crippen molar-refractivity contribution in [3.05, 3.63) is 41.3 Å². The van der Waals surface area contributed by atoms with Crippen LogP contribution in [0.2, 0.25) is 0 Å². The van der Waals surface area contributed by atoms with Gasteiger partial charge in [-0.15, -0.1) is 5.10 Å². The molecular formula is C26H31F2N7O3. The lowest BCUT2D eigenvalue weighted by atomic mass is 10.1. The van der Waals surface area contributed by atoms with E-state index in [4.69, 9.17) is 9.47 Å². The Balaban J connectivity index is 1.70. The minimum atomic E-state index is -2.74. The number of rotatable bonds is 5. The van der Waals surface area contributed by atoms with E-state index < -0.39 is 12.5 Å². The summed E-state index contributed by atoms with van der Waals surface area (Å²) in [5, 5.41) is 26.9. The molecule has 0 saturated carbocycles. The lowest BCUT2D eigenvalue weighted by molar-refractivity contribution is -0.00950. The van der Waals surface area contributed by atoms with Crippen LogP contribution < -0.4 is 9.47 Å². The molecule has 0 spiro atoms. The molecule has 4 heterocycles. The molecular weight excluding hydrogens is 496 g/mol. The highest BCUT2D eigenvalue weighted by molar-refractivity contribution is 5.93. The molecule has 0 aliphatic carbocycles. The third-order valence-corrected chi connectivity index (χ3v) is 6.37. The van der Waals surface area contributed by atoms with Crippen LogP contribution in [0.15, 0.2) is 24.4 Å². The van der Waals surface area contributed by atoms with E-state index in [9.17, 15) is 13.9 Å². The van der Waals surface area contributed by atoms with E-state index in [1.54, 1.807) is 29.9 Å². The minimum Gasteiger partial charge on any atom is -0.473 e. The topological polar surface area (TPSA) is 106 Å². The van der Waals surface area contributed by atoms with Crippen LogP contribution in [0.5, 0.6) is 11.8 Å². The number of ether oxygens (including phenoxy) is 2. The molecule has 2 N–H and O–H groups in total. The van der Waals surface area contributed by atoms with Gasteiger partial charge in [-0.25, -0.2) is 13.5 Å². The Hall–Kier alpha value is -3.77. The smallest absolute Gasteiger partial charge is 0.276 e. The Morgan fingerprint density at radius 3 is 2.79 bits per heavy atom. The molecule has 1 aliphatic rings. The van der Waals surface area contributed by atoms with Gasteiger partial charge in [0.15, 0.2) is 6.10 Å². The monoisotopic (exact) mass is 527 g/mol. The number of hydrogen-bond acceptors (Lipinski definition) is 7. The van der Waals surface area contributed by atoms with Crippen LogP contribution in [0.3, 0.4) is 0 Å². The fraction of sp³-hybridized carbons (Fsp3) is 0.423. The average Bonchev–Trinajstić information content (AvgIpc) is 3.52. The second-order valence-corrected chi connectivity index (χ2v) is 9.66. The summed E-state index contributed by atoms with van der Waals surface area (Å²) in [5.74, 6) is 0.662. The largest absolute Gasteiger partial charge is 0.473 e. The van der Waals surface area contributed by atoms with Crippen molar-refractivity contribution in [3.8, 4) is 22.9 Å². The lowest BCUT2D eigenvalue weighted by Gasteiger charge is -2.25. The number of aliphatic hydroxyl groups is 1. The standard InChI is InChI=1S/C26H31F2N7O3/c1-15(2)37-25-17-6-8-21-18-11-16(5-7-20(18)30-31-21)19-12-29-34(4)26(19)38-23(24(27)28)14-33(3)13-22(17)35(32-25)9-10-36/h5-8,11-12,15,23-24,36H,9-10,13-14H2,1-4H3,(H,30,31)/b8-6+/t23-/m1/s1. The molecule has 38 heavy (non-hydrogen) atoms. The number of H-pyrrole nitrogens is 1. The predicted octanol–water partition coefficient (Wildman–Crippen LogP) is 3.57. The highest BCUT2D eigenvalue weighted by Crippen LogP contribution is 2.34. The molecule has 5 rings (SSSR count). The Morgan fingerprint density at radius 2 is 2.05 bits per heavy atom. The van der Waals surface area contributed by atoms with Crippen molar-refractivity contribution in [3.63, 3.8) is 0 Å². The van der Waals surface area contributed by atoms with Crippen molar-refractivity contribution in [2.24, 2.45) is 7.05 Å². The van der Waals surface area contributed by atoms with Crippen LogP contribution in [-0.4, -0.2) is 78.6 Å². The van der Waals surface area contributed by atoms with Crippen LogP contribution in [0.25, 0.3) is 34.2 Å². The zero-order chi connectivity index (χ0) is 27.0. The first-order valence-corrected chi connectivity index (χ1v) is 12.4. The molecule has 0 fully saturated rings. The van der Waals surface area contributed by atoms with Crippen LogP contribution in [0.4, 0.5) is 8.78 Å². The van der Waals surface area contributed by atoms with Crippen molar-refractivity contribution < 1.29 is 23.4 Å². The maximum absolute atomic E-state index is 14.2. The Bertz CT molecular complexity index is 1460. The van der Waals surface area contributed by atoms with E-state index in [1.807, 2.05) is 44.2 Å². The number of aliphatic hydroxyl groups excluding tert-OH is 1. The van der Waals surface area contributed by atoms with Gasteiger partial charge in [0.2, 0.25) is 11.8 Å². The second-order valence-electron chi connectivity index (χ2n) is 9.66. The Labute approximate surface area is 218 Å². The second kappa shape index (κ2) is 10.5. The predicted molar refractivity (Wildman–Crippen MR) is 139 cm³/mol. The van der Waals surface area contributed by atoms with Crippen LogP contribution >= 0.6 is 0 Å². The first-order valence-electron chi connectivity index (χ1n) is 12.4. The highest BCUT2D eigenvalue weighted by Gasteiger charge is 2.29. The minimum absolute atomic E-state index is 0.0586. The average molecular weight is 528 g/mol. The maximum Gasteiger partial charge on any atom is 0.276 e. The maximum atomic E-state index is 14.2. The van der Waals surface area contributed by atoms with E-state index in [0.29, 0.717) is 22.7 Å². The lowest BCUT2D eigenvalue weighted by Crippen LogP contribution is -2.38. The van der Waals surface area contributed by atoms with Gasteiger partial charge in [-0.3, -0.25) is 14.7 Å². The third-order valence-electron chi connectivity index (χ3n) is 6.37. The number of aromatic amines is 1. The highest BCUT2D eigenvalue weighted by atomic mass is 19.3. The molecule has 1 aromatic carbocycles. The number of benzene rings is 1. The normalized spacial score (nSPS) is 17.3. The molecule has 0 saturated heterocycles. The van der Waals surface area contributed by atoms with Gasteiger partial charge >= 0.3 is 0 Å². The van der Waals surface area contributed by atoms with E-state index in [1.165, 1.54) is 4.68 Å². The van der Waals surface area contributed by atoms with Crippen molar-refractivity contribution in [2.75, 3.05) is 20.2 Å². The summed E-state index contributed by atoms with van der Waals surface area (Å²) in [6, 6.07) is 5.71. The van der Waals surface area contributed by atoms with Crippen LogP contribution in [-0.2, 0) is 20.1 Å². The van der Waals surface area contributed by atoms with E-state index in [0.717, 1.165) is 22.2 Å². The number of nitrogens with one attached hydrogen (secondary N) is 1. The van der Waals surface area contributed by atoms with Crippen LogP contribution in [0.1, 0.15) is 30.8 Å². The van der Waals surface area contributed by atoms with Crippen molar-refractivity contribution in [1.29, 1.82) is 0 Å². The summed E-state index contributed by atoms with van der Waals surface area (Å²) in [4.78, 5) is 1.75. The summed E-state index contributed by atoms with van der Waals surface area (Å²) < 4.78 is 43.5. The SMILES string of the molecule is CC(C)Oc1nn(CCO)c2c1/C=C/c1n[nH]c3ccc(cc13)-c1cnn(C)c1O[C@@H](C(F)F)CN(C)C2. The number of hydrogen-bond donors (Lipinski definition) is 2. The van der Waals surface area contributed by atoms with Gasteiger partial charge in [0.05, 0.1) is 53.5 Å². The van der Waals surface area contributed by atoms with Crippen molar-refractivity contribution in [2.45, 2.75) is 45.6 Å². The number of aryl methyl sites for hydroxylation is 1. The fourth-order valence-electron chi connectivity index (χ4n) is 4.61. The zero-order valence-corrected chi connectivity index (χ0v) is 21.7. The number of nitrogens with zero attached hydrogens (tertiary/aromatic N) is 6. The molecule has 1 aliphatic heterocycles. The van der Waals surface area contributed by atoms with Crippen molar-refractivity contribution in [1.82, 2.24) is 34.7 Å². The number of aromatic nitrogens is 6. The molecule has 2 bridgehead atoms. The number of likely N-dealkylation sites (N-methyl/N-ethyl adjacent to an activating group) is 1. The Kier molecular flexibility index (Phi) is 7.17. The molecule has 10 nitrogen and oxygen atoms in total. The molecule has 4 aromatic rings. The molecule has 0 amide bonds. The van der Waals surface area contributed by atoms with Gasteiger partial charge in [0.25, 0.3) is 6.43 Å². The summed E-state index contributed by atoms with van der Waals surface area (Å²) in [5.41, 5.74) is 4.32. The van der Waals surface area contributed by atoms with Crippen LogP contribution in [0, 0.1) is 0 Å². The molecule has 3 aromatic heterocycles. The van der Waals surface area contributed by atoms with Gasteiger partial charge in [0.1, 0.15) is 0 Å². The third kappa shape index (κ3) is 5.01.